The molecular weight excluding hydrogens is 327 g/mol. The topological polar surface area (TPSA) is 55.2 Å². The summed E-state index contributed by atoms with van der Waals surface area (Å²) in [7, 11) is 0. The van der Waals surface area contributed by atoms with Crippen LogP contribution in [0.4, 0.5) is 15.8 Å². The Bertz CT molecular complexity index is 662. The molecule has 0 aromatic heterocycles. The average molecular weight is 339 g/mol. The first-order valence-electron chi connectivity index (χ1n) is 5.90. The van der Waals surface area contributed by atoms with Crippen LogP contribution in [-0.2, 0) is 6.54 Å². The molecule has 0 saturated carbocycles. The van der Waals surface area contributed by atoms with E-state index in [-0.39, 0.29) is 11.5 Å². The molecule has 0 atom stereocenters. The predicted octanol–water partition coefficient (Wildman–Crippen LogP) is 4.42. The fourth-order valence-corrected chi connectivity index (χ4v) is 2.29. The van der Waals surface area contributed by atoms with E-state index in [1.807, 2.05) is 0 Å². The second kappa shape index (κ2) is 6.00. The van der Waals surface area contributed by atoms with Gasteiger partial charge in [-0.2, -0.15) is 0 Å². The van der Waals surface area contributed by atoms with Crippen LogP contribution in [0, 0.1) is 22.9 Å². The molecule has 2 aromatic carbocycles. The standard InChI is InChI=1S/C14H12BrFN2O2/c1-9-2-5-13(14(6-9)18(19)20)17-8-10-3-4-11(16)7-12(10)15/h2-7,17H,8H2,1H3. The SMILES string of the molecule is Cc1ccc(NCc2ccc(F)cc2Br)c([N+](=O)[O-])c1. The lowest BCUT2D eigenvalue weighted by Crippen LogP contribution is -2.03. The van der Waals surface area contributed by atoms with E-state index in [0.29, 0.717) is 16.7 Å². The van der Waals surface area contributed by atoms with Gasteiger partial charge < -0.3 is 5.32 Å². The first kappa shape index (κ1) is 14.5. The minimum Gasteiger partial charge on any atom is -0.375 e. The van der Waals surface area contributed by atoms with Gasteiger partial charge in [-0.05, 0) is 36.2 Å². The molecule has 0 bridgehead atoms. The number of nitro groups is 1. The molecule has 6 heteroatoms. The van der Waals surface area contributed by atoms with Crippen LogP contribution in [0.3, 0.4) is 0 Å². The molecular formula is C14H12BrFN2O2. The third-order valence-corrected chi connectivity index (χ3v) is 3.57. The molecule has 0 amide bonds. The van der Waals surface area contributed by atoms with Crippen molar-refractivity contribution in [1.29, 1.82) is 0 Å². The Morgan fingerprint density at radius 1 is 1.30 bits per heavy atom. The minimum atomic E-state index is -0.422. The third-order valence-electron chi connectivity index (χ3n) is 2.83. The molecule has 2 rings (SSSR count). The Kier molecular flexibility index (Phi) is 4.34. The largest absolute Gasteiger partial charge is 0.375 e. The van der Waals surface area contributed by atoms with Crippen molar-refractivity contribution in [2.45, 2.75) is 13.5 Å². The van der Waals surface area contributed by atoms with Gasteiger partial charge in [0.2, 0.25) is 0 Å². The first-order chi connectivity index (χ1) is 9.47. The van der Waals surface area contributed by atoms with Gasteiger partial charge in [0.25, 0.3) is 5.69 Å². The van der Waals surface area contributed by atoms with Gasteiger partial charge in [-0.3, -0.25) is 10.1 Å². The molecule has 4 nitrogen and oxygen atoms in total. The van der Waals surface area contributed by atoms with Crippen molar-refractivity contribution in [3.05, 3.63) is 67.9 Å². The molecule has 20 heavy (non-hydrogen) atoms. The maximum absolute atomic E-state index is 13.0. The van der Waals surface area contributed by atoms with E-state index >= 15 is 0 Å². The van der Waals surface area contributed by atoms with Gasteiger partial charge >= 0.3 is 0 Å². The molecule has 0 spiro atoms. The highest BCUT2D eigenvalue weighted by Crippen LogP contribution is 2.27. The Hall–Kier alpha value is -1.95. The Labute approximate surface area is 123 Å². The van der Waals surface area contributed by atoms with E-state index in [2.05, 4.69) is 21.2 Å². The summed E-state index contributed by atoms with van der Waals surface area (Å²) >= 11 is 3.27. The molecule has 0 saturated heterocycles. The van der Waals surface area contributed by atoms with E-state index in [1.165, 1.54) is 18.2 Å². The van der Waals surface area contributed by atoms with Gasteiger partial charge in [0.05, 0.1) is 4.92 Å². The van der Waals surface area contributed by atoms with Crippen LogP contribution in [0.15, 0.2) is 40.9 Å². The molecule has 0 heterocycles. The molecule has 0 unspecified atom stereocenters. The fourth-order valence-electron chi connectivity index (χ4n) is 1.80. The summed E-state index contributed by atoms with van der Waals surface area (Å²) in [4.78, 5) is 10.6. The zero-order valence-electron chi connectivity index (χ0n) is 10.7. The summed E-state index contributed by atoms with van der Waals surface area (Å²) in [6.45, 7) is 2.16. The monoisotopic (exact) mass is 338 g/mol. The summed E-state index contributed by atoms with van der Waals surface area (Å²) in [6, 6.07) is 9.33. The molecule has 0 aliphatic rings. The van der Waals surface area contributed by atoms with Gasteiger partial charge in [-0.25, -0.2) is 4.39 Å². The molecule has 0 radical (unpaired) electrons. The number of aryl methyl sites for hydroxylation is 1. The normalized spacial score (nSPS) is 10.3. The lowest BCUT2D eigenvalue weighted by atomic mass is 10.1. The van der Waals surface area contributed by atoms with E-state index in [0.717, 1.165) is 11.1 Å². The molecule has 2 aromatic rings. The van der Waals surface area contributed by atoms with Gasteiger partial charge in [0, 0.05) is 17.1 Å². The highest BCUT2D eigenvalue weighted by Gasteiger charge is 2.13. The van der Waals surface area contributed by atoms with Crippen molar-refractivity contribution < 1.29 is 9.31 Å². The number of anilines is 1. The van der Waals surface area contributed by atoms with Crippen LogP contribution in [0.1, 0.15) is 11.1 Å². The number of nitrogens with one attached hydrogen (secondary N) is 1. The van der Waals surface area contributed by atoms with Crippen molar-refractivity contribution in [3.63, 3.8) is 0 Å². The van der Waals surface area contributed by atoms with E-state index in [1.54, 1.807) is 25.1 Å². The Morgan fingerprint density at radius 2 is 2.05 bits per heavy atom. The zero-order valence-corrected chi connectivity index (χ0v) is 12.3. The van der Waals surface area contributed by atoms with E-state index < -0.39 is 4.92 Å². The van der Waals surface area contributed by atoms with Crippen LogP contribution >= 0.6 is 15.9 Å². The third kappa shape index (κ3) is 3.33. The number of nitrogens with zero attached hydrogens (tertiary/aromatic N) is 1. The number of rotatable bonds is 4. The average Bonchev–Trinajstić information content (AvgIpc) is 2.38. The maximum atomic E-state index is 13.0. The van der Waals surface area contributed by atoms with Crippen LogP contribution in [0.2, 0.25) is 0 Å². The maximum Gasteiger partial charge on any atom is 0.292 e. The van der Waals surface area contributed by atoms with Gasteiger partial charge in [0.1, 0.15) is 11.5 Å². The first-order valence-corrected chi connectivity index (χ1v) is 6.69. The molecule has 0 aliphatic carbocycles. The van der Waals surface area contributed by atoms with Crippen LogP contribution in [-0.4, -0.2) is 4.92 Å². The van der Waals surface area contributed by atoms with E-state index in [4.69, 9.17) is 0 Å². The highest BCUT2D eigenvalue weighted by atomic mass is 79.9. The quantitative estimate of drug-likeness (QED) is 0.663. The highest BCUT2D eigenvalue weighted by molar-refractivity contribution is 9.10. The Morgan fingerprint density at radius 3 is 2.70 bits per heavy atom. The van der Waals surface area contributed by atoms with Crippen molar-refractivity contribution in [1.82, 2.24) is 0 Å². The van der Waals surface area contributed by atoms with Crippen molar-refractivity contribution in [3.8, 4) is 0 Å². The van der Waals surface area contributed by atoms with Crippen LogP contribution in [0.5, 0.6) is 0 Å². The number of nitro benzene ring substituents is 1. The molecule has 0 fully saturated rings. The molecule has 1 N–H and O–H groups in total. The van der Waals surface area contributed by atoms with Gasteiger partial charge in [0.15, 0.2) is 0 Å². The van der Waals surface area contributed by atoms with Crippen molar-refractivity contribution in [2.75, 3.05) is 5.32 Å². The van der Waals surface area contributed by atoms with Gasteiger partial charge in [-0.15, -0.1) is 0 Å². The second-order valence-electron chi connectivity index (χ2n) is 4.37. The summed E-state index contributed by atoms with van der Waals surface area (Å²) < 4.78 is 13.6. The number of benzene rings is 2. The summed E-state index contributed by atoms with van der Waals surface area (Å²) in [5.41, 5.74) is 2.12. The molecule has 104 valence electrons. The number of halogens is 2. The Balaban J connectivity index is 2.20. The second-order valence-corrected chi connectivity index (χ2v) is 5.22. The lowest BCUT2D eigenvalue weighted by Gasteiger charge is -2.09. The van der Waals surface area contributed by atoms with Crippen LogP contribution in [0.25, 0.3) is 0 Å². The summed E-state index contributed by atoms with van der Waals surface area (Å²) in [5.74, 6) is -0.332. The summed E-state index contributed by atoms with van der Waals surface area (Å²) in [5, 5.41) is 14.0. The number of hydrogen-bond donors (Lipinski definition) is 1. The molecule has 0 aliphatic heterocycles. The van der Waals surface area contributed by atoms with Gasteiger partial charge in [-0.1, -0.05) is 28.1 Å². The smallest absolute Gasteiger partial charge is 0.292 e. The zero-order chi connectivity index (χ0) is 14.7. The van der Waals surface area contributed by atoms with Crippen LogP contribution < -0.4 is 5.32 Å². The predicted molar refractivity (Wildman–Crippen MR) is 79.3 cm³/mol. The number of hydrogen-bond acceptors (Lipinski definition) is 3. The minimum absolute atomic E-state index is 0.0308. The van der Waals surface area contributed by atoms with Crippen molar-refractivity contribution in [2.24, 2.45) is 0 Å². The van der Waals surface area contributed by atoms with Crippen molar-refractivity contribution >= 4 is 27.3 Å². The van der Waals surface area contributed by atoms with E-state index in [9.17, 15) is 14.5 Å². The lowest BCUT2D eigenvalue weighted by molar-refractivity contribution is -0.384. The summed E-state index contributed by atoms with van der Waals surface area (Å²) in [6.07, 6.45) is 0. The fraction of sp³-hybridized carbons (Fsp3) is 0.143.